The predicted octanol–water partition coefficient (Wildman–Crippen LogP) is 3.06. The summed E-state index contributed by atoms with van der Waals surface area (Å²) in [6.07, 6.45) is 3.72. The van der Waals surface area contributed by atoms with E-state index < -0.39 is 0 Å². The number of benzene rings is 1. The van der Waals surface area contributed by atoms with Crippen molar-refractivity contribution in [1.29, 1.82) is 0 Å². The lowest BCUT2D eigenvalue weighted by atomic mass is 10.1. The fraction of sp³-hybridized carbons (Fsp3) is 0.375. The van der Waals surface area contributed by atoms with Crippen LogP contribution < -0.4 is 0 Å². The maximum atomic E-state index is 12.0. The Bertz CT molecular complexity index is 649. The van der Waals surface area contributed by atoms with Crippen molar-refractivity contribution in [3.63, 3.8) is 0 Å². The van der Waals surface area contributed by atoms with Gasteiger partial charge in [0.05, 0.1) is 10.9 Å². The molecule has 0 N–H and O–H groups in total. The smallest absolute Gasteiger partial charge is 0.235 e. The molecule has 0 fully saturated rings. The van der Waals surface area contributed by atoms with Crippen LogP contribution >= 0.6 is 11.8 Å². The predicted molar refractivity (Wildman–Crippen MR) is 87.1 cm³/mol. The van der Waals surface area contributed by atoms with Crippen LogP contribution in [-0.4, -0.2) is 39.7 Å². The van der Waals surface area contributed by atoms with Crippen molar-refractivity contribution in [2.75, 3.05) is 14.1 Å². The Morgan fingerprint density at radius 3 is 2.71 bits per heavy atom. The molecule has 1 aromatic heterocycles. The third-order valence-corrected chi connectivity index (χ3v) is 4.37. The monoisotopic (exact) mass is 303 g/mol. The topological polar surface area (TPSA) is 38.1 Å². The molecule has 21 heavy (non-hydrogen) atoms. The molecular weight excluding hydrogens is 282 g/mol. The Morgan fingerprint density at radius 2 is 2.05 bits per heavy atom. The first-order valence-corrected chi connectivity index (χ1v) is 7.77. The number of amides is 1. The molecule has 1 amide bonds. The van der Waals surface area contributed by atoms with Crippen LogP contribution in [0.1, 0.15) is 18.1 Å². The van der Waals surface area contributed by atoms with Gasteiger partial charge in [-0.3, -0.25) is 9.36 Å². The number of carbonyl (C=O) groups excluding carboxylic acids is 1. The van der Waals surface area contributed by atoms with Gasteiger partial charge in [0.25, 0.3) is 0 Å². The van der Waals surface area contributed by atoms with Crippen molar-refractivity contribution in [3.8, 4) is 5.69 Å². The Hall–Kier alpha value is -1.75. The van der Waals surface area contributed by atoms with E-state index in [0.29, 0.717) is 0 Å². The number of carbonyl (C=O) groups is 1. The van der Waals surface area contributed by atoms with Crippen molar-refractivity contribution in [2.45, 2.75) is 31.2 Å². The highest BCUT2D eigenvalue weighted by Crippen LogP contribution is 2.27. The first-order valence-electron chi connectivity index (χ1n) is 6.89. The molecule has 0 aliphatic heterocycles. The normalized spacial score (nSPS) is 12.2. The van der Waals surface area contributed by atoms with Crippen LogP contribution in [0.25, 0.3) is 5.69 Å². The lowest BCUT2D eigenvalue weighted by Crippen LogP contribution is -2.29. The summed E-state index contributed by atoms with van der Waals surface area (Å²) in [7, 11) is 3.55. The van der Waals surface area contributed by atoms with Gasteiger partial charge in [-0.25, -0.2) is 4.98 Å². The van der Waals surface area contributed by atoms with Gasteiger partial charge in [0, 0.05) is 26.5 Å². The molecule has 1 aromatic carbocycles. The maximum Gasteiger partial charge on any atom is 0.235 e. The SMILES string of the molecule is Cc1ccc(C)c(-n2ccnc2S[C@@H](C)C(=O)N(C)C)c1. The van der Waals surface area contributed by atoms with Crippen LogP contribution in [0.2, 0.25) is 0 Å². The van der Waals surface area contributed by atoms with Crippen LogP contribution in [-0.2, 0) is 4.79 Å². The summed E-state index contributed by atoms with van der Waals surface area (Å²) in [5.74, 6) is 0.0931. The lowest BCUT2D eigenvalue weighted by molar-refractivity contribution is -0.127. The van der Waals surface area contributed by atoms with Crippen LogP contribution in [0.4, 0.5) is 0 Å². The van der Waals surface area contributed by atoms with Crippen molar-refractivity contribution in [1.82, 2.24) is 14.5 Å². The van der Waals surface area contributed by atoms with E-state index in [0.717, 1.165) is 10.8 Å². The zero-order valence-electron chi connectivity index (χ0n) is 13.1. The van der Waals surface area contributed by atoms with E-state index in [9.17, 15) is 4.79 Å². The summed E-state index contributed by atoms with van der Waals surface area (Å²) in [5.41, 5.74) is 3.50. The first-order chi connectivity index (χ1) is 9.90. The Morgan fingerprint density at radius 1 is 1.33 bits per heavy atom. The van der Waals surface area contributed by atoms with Gasteiger partial charge in [0.2, 0.25) is 5.91 Å². The molecule has 0 unspecified atom stereocenters. The number of thioether (sulfide) groups is 1. The summed E-state index contributed by atoms with van der Waals surface area (Å²) < 4.78 is 2.05. The molecule has 0 saturated heterocycles. The van der Waals surface area contributed by atoms with Crippen LogP contribution in [0, 0.1) is 13.8 Å². The van der Waals surface area contributed by atoms with E-state index in [1.54, 1.807) is 25.2 Å². The number of nitrogens with zero attached hydrogens (tertiary/aromatic N) is 3. The van der Waals surface area contributed by atoms with Gasteiger partial charge in [0.15, 0.2) is 5.16 Å². The maximum absolute atomic E-state index is 12.0. The average Bonchev–Trinajstić information content (AvgIpc) is 2.88. The molecule has 112 valence electrons. The number of rotatable bonds is 4. The molecule has 1 atom stereocenters. The molecule has 0 spiro atoms. The first kappa shape index (κ1) is 15.6. The van der Waals surface area contributed by atoms with Crippen molar-refractivity contribution >= 4 is 17.7 Å². The Balaban J connectivity index is 2.31. The van der Waals surface area contributed by atoms with E-state index in [4.69, 9.17) is 0 Å². The Labute approximate surface area is 130 Å². The summed E-state index contributed by atoms with van der Waals surface area (Å²) in [4.78, 5) is 18.0. The molecule has 0 radical (unpaired) electrons. The van der Waals surface area contributed by atoms with Crippen LogP contribution in [0.3, 0.4) is 0 Å². The van der Waals surface area contributed by atoms with Crippen molar-refractivity contribution in [2.24, 2.45) is 0 Å². The van der Waals surface area contributed by atoms with E-state index in [2.05, 4.69) is 37.0 Å². The quantitative estimate of drug-likeness (QED) is 0.815. The minimum atomic E-state index is -0.161. The molecule has 0 aliphatic carbocycles. The summed E-state index contributed by atoms with van der Waals surface area (Å²) in [6, 6.07) is 6.34. The molecule has 4 nitrogen and oxygen atoms in total. The van der Waals surface area contributed by atoms with Gasteiger partial charge >= 0.3 is 0 Å². The molecule has 0 bridgehead atoms. The van der Waals surface area contributed by atoms with Gasteiger partial charge in [-0.2, -0.15) is 0 Å². The third kappa shape index (κ3) is 3.47. The van der Waals surface area contributed by atoms with Gasteiger partial charge < -0.3 is 4.90 Å². The molecule has 2 rings (SSSR count). The fourth-order valence-electron chi connectivity index (χ4n) is 2.11. The van der Waals surface area contributed by atoms with Crippen molar-refractivity contribution < 1.29 is 4.79 Å². The van der Waals surface area contributed by atoms with Crippen LogP contribution in [0.5, 0.6) is 0 Å². The molecule has 5 heteroatoms. The second-order valence-electron chi connectivity index (χ2n) is 5.36. The zero-order chi connectivity index (χ0) is 15.6. The van der Waals surface area contributed by atoms with E-state index in [-0.39, 0.29) is 11.2 Å². The molecule has 0 saturated carbocycles. The number of hydrogen-bond acceptors (Lipinski definition) is 3. The standard InChI is InChI=1S/C16H21N3OS/c1-11-6-7-12(2)14(10-11)19-9-8-17-16(19)21-13(3)15(20)18(4)5/h6-10,13H,1-5H3/t13-/m0/s1. The van der Waals surface area contributed by atoms with Crippen molar-refractivity contribution in [3.05, 3.63) is 41.7 Å². The highest BCUT2D eigenvalue weighted by atomic mass is 32.2. The number of aryl methyl sites for hydroxylation is 2. The fourth-order valence-corrected chi connectivity index (χ4v) is 3.13. The van der Waals surface area contributed by atoms with E-state index >= 15 is 0 Å². The second kappa shape index (κ2) is 6.35. The zero-order valence-corrected chi connectivity index (χ0v) is 13.9. The number of imidazole rings is 1. The summed E-state index contributed by atoms with van der Waals surface area (Å²) in [5, 5.41) is 0.678. The van der Waals surface area contributed by atoms with E-state index in [1.165, 1.54) is 22.9 Å². The average molecular weight is 303 g/mol. The lowest BCUT2D eigenvalue weighted by Gasteiger charge is -2.17. The number of hydrogen-bond donors (Lipinski definition) is 0. The minimum absolute atomic E-state index is 0.0931. The highest BCUT2D eigenvalue weighted by Gasteiger charge is 2.19. The summed E-state index contributed by atoms with van der Waals surface area (Å²) in [6.45, 7) is 6.07. The largest absolute Gasteiger partial charge is 0.348 e. The van der Waals surface area contributed by atoms with Gasteiger partial charge in [-0.05, 0) is 38.0 Å². The Kier molecular flexibility index (Phi) is 4.73. The number of aromatic nitrogens is 2. The van der Waals surface area contributed by atoms with Crippen LogP contribution in [0.15, 0.2) is 35.7 Å². The second-order valence-corrected chi connectivity index (χ2v) is 6.67. The molecular formula is C16H21N3OS. The van der Waals surface area contributed by atoms with Gasteiger partial charge in [0.1, 0.15) is 0 Å². The van der Waals surface area contributed by atoms with E-state index in [1.807, 2.05) is 17.7 Å². The van der Waals surface area contributed by atoms with Gasteiger partial charge in [-0.15, -0.1) is 0 Å². The third-order valence-electron chi connectivity index (χ3n) is 3.30. The molecule has 2 aromatic rings. The minimum Gasteiger partial charge on any atom is -0.348 e. The summed E-state index contributed by atoms with van der Waals surface area (Å²) >= 11 is 1.48. The highest BCUT2D eigenvalue weighted by molar-refractivity contribution is 8.00. The van der Waals surface area contributed by atoms with Gasteiger partial charge in [-0.1, -0.05) is 23.9 Å². The molecule has 0 aliphatic rings. The molecule has 1 heterocycles.